The number of thiol groups is 1. The third kappa shape index (κ3) is 2.57. The molecule has 0 bridgehead atoms. The minimum absolute atomic E-state index is 0.0435. The lowest BCUT2D eigenvalue weighted by atomic mass is 10.0. The molecular weight excluding hydrogens is 234 g/mol. The summed E-state index contributed by atoms with van der Waals surface area (Å²) in [5.41, 5.74) is 4.08. The number of carbonyl (C=O) groups is 1. The van der Waals surface area contributed by atoms with Gasteiger partial charge in [-0.3, -0.25) is 4.79 Å². The van der Waals surface area contributed by atoms with Crippen LogP contribution in [0.2, 0.25) is 0 Å². The fraction of sp³-hybridized carbons (Fsp3) is 0.462. The predicted octanol–water partition coefficient (Wildman–Crippen LogP) is 2.51. The van der Waals surface area contributed by atoms with E-state index in [0.717, 1.165) is 28.1 Å². The molecule has 0 aliphatic rings. The van der Waals surface area contributed by atoms with Gasteiger partial charge in [0.2, 0.25) is 5.91 Å². The molecule has 0 spiro atoms. The lowest BCUT2D eigenvalue weighted by molar-refractivity contribution is -0.115. The molecule has 0 fully saturated rings. The molecule has 0 N–H and O–H groups in total. The molecule has 1 aromatic rings. The van der Waals surface area contributed by atoms with Crippen molar-refractivity contribution in [1.29, 1.82) is 0 Å². The molecule has 0 saturated heterocycles. The van der Waals surface area contributed by atoms with Gasteiger partial charge in [0.05, 0.1) is 18.6 Å². The van der Waals surface area contributed by atoms with Crippen LogP contribution in [0, 0.1) is 20.8 Å². The van der Waals surface area contributed by atoms with Gasteiger partial charge < -0.3 is 9.64 Å². The van der Waals surface area contributed by atoms with Crippen molar-refractivity contribution in [1.82, 2.24) is 0 Å². The van der Waals surface area contributed by atoms with Crippen molar-refractivity contribution in [2.45, 2.75) is 20.8 Å². The number of hydrogen-bond acceptors (Lipinski definition) is 3. The number of anilines is 1. The number of methoxy groups -OCH3 is 1. The maximum Gasteiger partial charge on any atom is 0.236 e. The highest BCUT2D eigenvalue weighted by atomic mass is 32.1. The summed E-state index contributed by atoms with van der Waals surface area (Å²) in [6.07, 6.45) is 0. The number of aryl methyl sites for hydroxylation is 2. The standard InChI is InChI=1S/C13H19NO2S/c1-8-6-9(2)12(13(16-5)10(8)3)14(4)11(15)7-17/h6,17H,7H2,1-5H3. The van der Waals surface area contributed by atoms with E-state index in [1.807, 2.05) is 20.8 Å². The van der Waals surface area contributed by atoms with Gasteiger partial charge in [0.25, 0.3) is 0 Å². The molecule has 0 aliphatic heterocycles. The van der Waals surface area contributed by atoms with Gasteiger partial charge in [-0.1, -0.05) is 6.07 Å². The van der Waals surface area contributed by atoms with E-state index in [0.29, 0.717) is 0 Å². The molecule has 4 heteroatoms. The average molecular weight is 253 g/mol. The fourth-order valence-corrected chi connectivity index (χ4v) is 2.15. The van der Waals surface area contributed by atoms with Gasteiger partial charge in [-0.15, -0.1) is 0 Å². The summed E-state index contributed by atoms with van der Waals surface area (Å²) in [6, 6.07) is 2.06. The minimum Gasteiger partial charge on any atom is -0.494 e. The molecule has 0 saturated carbocycles. The zero-order valence-corrected chi connectivity index (χ0v) is 11.9. The summed E-state index contributed by atoms with van der Waals surface area (Å²) < 4.78 is 5.43. The third-order valence-corrected chi connectivity index (χ3v) is 3.27. The van der Waals surface area contributed by atoms with Crippen LogP contribution in [0.4, 0.5) is 5.69 Å². The number of benzene rings is 1. The molecule has 94 valence electrons. The Balaban J connectivity index is 3.41. The number of rotatable bonds is 3. The van der Waals surface area contributed by atoms with Gasteiger partial charge in [-0.05, 0) is 37.5 Å². The topological polar surface area (TPSA) is 29.5 Å². The Morgan fingerprint density at radius 3 is 2.41 bits per heavy atom. The van der Waals surface area contributed by atoms with E-state index >= 15 is 0 Å². The normalized spacial score (nSPS) is 10.2. The summed E-state index contributed by atoms with van der Waals surface area (Å²) in [6.45, 7) is 6.01. The molecule has 0 aromatic heterocycles. The van der Waals surface area contributed by atoms with Crippen LogP contribution >= 0.6 is 12.6 Å². The van der Waals surface area contributed by atoms with Gasteiger partial charge in [0, 0.05) is 7.05 Å². The highest BCUT2D eigenvalue weighted by Gasteiger charge is 2.19. The second-order valence-electron chi connectivity index (χ2n) is 4.13. The van der Waals surface area contributed by atoms with E-state index in [1.54, 1.807) is 19.1 Å². The Morgan fingerprint density at radius 1 is 1.35 bits per heavy atom. The van der Waals surface area contributed by atoms with Crippen LogP contribution in [0.5, 0.6) is 5.75 Å². The Labute approximate surface area is 108 Å². The molecule has 3 nitrogen and oxygen atoms in total. The first-order chi connectivity index (χ1) is 7.93. The summed E-state index contributed by atoms with van der Waals surface area (Å²) in [7, 11) is 3.38. The Hall–Kier alpha value is -1.16. The molecule has 0 heterocycles. The molecule has 1 rings (SSSR count). The number of ether oxygens (including phenoxy) is 1. The monoisotopic (exact) mass is 253 g/mol. The Morgan fingerprint density at radius 2 is 1.94 bits per heavy atom. The molecular formula is C13H19NO2S. The van der Waals surface area contributed by atoms with Crippen LogP contribution in [0.1, 0.15) is 16.7 Å². The quantitative estimate of drug-likeness (QED) is 0.839. The lowest BCUT2D eigenvalue weighted by Gasteiger charge is -2.24. The van der Waals surface area contributed by atoms with Gasteiger partial charge >= 0.3 is 0 Å². The lowest BCUT2D eigenvalue weighted by Crippen LogP contribution is -2.28. The molecule has 1 aromatic carbocycles. The summed E-state index contributed by atoms with van der Waals surface area (Å²) in [5, 5.41) is 0. The van der Waals surface area contributed by atoms with E-state index in [2.05, 4.69) is 18.7 Å². The predicted molar refractivity (Wildman–Crippen MR) is 74.5 cm³/mol. The van der Waals surface area contributed by atoms with Crippen LogP contribution in [-0.4, -0.2) is 25.8 Å². The fourth-order valence-electron chi connectivity index (χ4n) is 1.93. The van der Waals surface area contributed by atoms with Crippen molar-refractivity contribution >= 4 is 24.2 Å². The van der Waals surface area contributed by atoms with Crippen LogP contribution in [0.15, 0.2) is 6.07 Å². The van der Waals surface area contributed by atoms with E-state index in [1.165, 1.54) is 0 Å². The number of hydrogen-bond donors (Lipinski definition) is 1. The molecule has 0 atom stereocenters. The summed E-state index contributed by atoms with van der Waals surface area (Å²) >= 11 is 4.02. The maximum absolute atomic E-state index is 11.7. The average Bonchev–Trinajstić information content (AvgIpc) is 2.31. The first-order valence-corrected chi connectivity index (χ1v) is 6.09. The second-order valence-corrected chi connectivity index (χ2v) is 4.44. The van der Waals surface area contributed by atoms with Crippen molar-refractivity contribution in [3.63, 3.8) is 0 Å². The highest BCUT2D eigenvalue weighted by molar-refractivity contribution is 7.81. The zero-order chi connectivity index (χ0) is 13.2. The van der Waals surface area contributed by atoms with Crippen LogP contribution in [0.3, 0.4) is 0 Å². The van der Waals surface area contributed by atoms with E-state index in [-0.39, 0.29) is 11.7 Å². The maximum atomic E-state index is 11.7. The Kier molecular flexibility index (Phi) is 4.46. The van der Waals surface area contributed by atoms with Gasteiger partial charge in [0.15, 0.2) is 0 Å². The molecule has 0 unspecified atom stereocenters. The van der Waals surface area contributed by atoms with Gasteiger partial charge in [-0.25, -0.2) is 0 Å². The smallest absolute Gasteiger partial charge is 0.236 e. The van der Waals surface area contributed by atoms with Crippen LogP contribution in [-0.2, 0) is 4.79 Å². The van der Waals surface area contributed by atoms with Crippen LogP contribution in [0.25, 0.3) is 0 Å². The van der Waals surface area contributed by atoms with Crippen molar-refractivity contribution in [3.8, 4) is 5.75 Å². The first kappa shape index (κ1) is 13.9. The third-order valence-electron chi connectivity index (χ3n) is 3.00. The largest absolute Gasteiger partial charge is 0.494 e. The summed E-state index contributed by atoms with van der Waals surface area (Å²) in [5.74, 6) is 0.907. The summed E-state index contributed by atoms with van der Waals surface area (Å²) in [4.78, 5) is 13.3. The molecule has 17 heavy (non-hydrogen) atoms. The van der Waals surface area contributed by atoms with Crippen molar-refractivity contribution < 1.29 is 9.53 Å². The zero-order valence-electron chi connectivity index (χ0n) is 11.0. The second kappa shape index (κ2) is 5.45. The SMILES string of the molecule is COc1c(C)c(C)cc(C)c1N(C)C(=O)CS. The van der Waals surface area contributed by atoms with Crippen molar-refractivity contribution in [2.75, 3.05) is 24.8 Å². The highest BCUT2D eigenvalue weighted by Crippen LogP contribution is 2.36. The van der Waals surface area contributed by atoms with Crippen molar-refractivity contribution in [3.05, 3.63) is 22.8 Å². The number of carbonyl (C=O) groups excluding carboxylic acids is 1. The minimum atomic E-state index is -0.0435. The van der Waals surface area contributed by atoms with E-state index < -0.39 is 0 Å². The van der Waals surface area contributed by atoms with Crippen LogP contribution < -0.4 is 9.64 Å². The first-order valence-electron chi connectivity index (χ1n) is 5.46. The Bertz CT molecular complexity index is 444. The van der Waals surface area contributed by atoms with Crippen molar-refractivity contribution in [2.24, 2.45) is 0 Å². The van der Waals surface area contributed by atoms with Gasteiger partial charge in [0.1, 0.15) is 5.75 Å². The molecule has 1 amide bonds. The molecule has 0 aliphatic carbocycles. The molecule has 0 radical (unpaired) electrons. The number of amides is 1. The van der Waals surface area contributed by atoms with Gasteiger partial charge in [-0.2, -0.15) is 12.6 Å². The van der Waals surface area contributed by atoms with E-state index in [4.69, 9.17) is 4.74 Å². The van der Waals surface area contributed by atoms with E-state index in [9.17, 15) is 4.79 Å². The number of nitrogens with zero attached hydrogens (tertiary/aromatic N) is 1.